The summed E-state index contributed by atoms with van der Waals surface area (Å²) in [4.78, 5) is 12.4. The Labute approximate surface area is 157 Å². The van der Waals surface area contributed by atoms with Gasteiger partial charge in [0.05, 0.1) is 11.6 Å². The fourth-order valence-corrected chi connectivity index (χ4v) is 3.34. The summed E-state index contributed by atoms with van der Waals surface area (Å²) in [6.07, 6.45) is -3.84. The zero-order chi connectivity index (χ0) is 18.9. The second-order valence-electron chi connectivity index (χ2n) is 6.20. The molecule has 7 heteroatoms. The summed E-state index contributed by atoms with van der Waals surface area (Å²) < 4.78 is 39.4. The number of nitrogens with one attached hydrogen (secondary N) is 1. The molecule has 3 unspecified atom stereocenters. The lowest BCUT2D eigenvalue weighted by atomic mass is 10.0. The third-order valence-corrected chi connectivity index (χ3v) is 4.86. The lowest BCUT2D eigenvalue weighted by molar-refractivity contribution is -0.137. The Morgan fingerprint density at radius 2 is 1.96 bits per heavy atom. The molecule has 134 valence electrons. The molecule has 0 heterocycles. The Hall–Kier alpha value is -2.33. The van der Waals surface area contributed by atoms with Crippen molar-refractivity contribution < 1.29 is 18.0 Å². The van der Waals surface area contributed by atoms with E-state index in [1.807, 2.05) is 30.3 Å². The zero-order valence-corrected chi connectivity index (χ0v) is 15.0. The number of amides is 1. The molecule has 2 aromatic carbocycles. The predicted octanol–water partition coefficient (Wildman–Crippen LogP) is 4.95. The van der Waals surface area contributed by atoms with Crippen LogP contribution in [0.2, 0.25) is 0 Å². The predicted molar refractivity (Wildman–Crippen MR) is 92.9 cm³/mol. The van der Waals surface area contributed by atoms with Gasteiger partial charge in [-0.2, -0.15) is 18.4 Å². The van der Waals surface area contributed by atoms with Gasteiger partial charge in [0.25, 0.3) is 0 Å². The highest BCUT2D eigenvalue weighted by Crippen LogP contribution is 2.48. The van der Waals surface area contributed by atoms with Crippen LogP contribution >= 0.6 is 15.9 Å². The smallest absolute Gasteiger partial charge is 0.336 e. The molecule has 26 heavy (non-hydrogen) atoms. The lowest BCUT2D eigenvalue weighted by Crippen LogP contribution is -2.29. The van der Waals surface area contributed by atoms with Gasteiger partial charge in [-0.25, -0.2) is 0 Å². The second-order valence-corrected chi connectivity index (χ2v) is 7.11. The Bertz CT molecular complexity index is 876. The number of hydrogen-bond acceptors (Lipinski definition) is 2. The van der Waals surface area contributed by atoms with Crippen LogP contribution in [0.25, 0.3) is 0 Å². The molecule has 1 aliphatic rings. The first-order valence-electron chi connectivity index (χ1n) is 7.92. The zero-order valence-electron chi connectivity index (χ0n) is 13.4. The van der Waals surface area contributed by atoms with E-state index in [1.165, 1.54) is 12.1 Å². The van der Waals surface area contributed by atoms with E-state index < -0.39 is 17.8 Å². The van der Waals surface area contributed by atoms with Crippen molar-refractivity contribution in [3.05, 3.63) is 69.7 Å². The number of nitriles is 1. The van der Waals surface area contributed by atoms with Crippen molar-refractivity contribution >= 4 is 21.8 Å². The van der Waals surface area contributed by atoms with Gasteiger partial charge in [-0.15, -0.1) is 0 Å². The molecule has 3 atom stereocenters. The minimum Gasteiger partial charge on any atom is -0.336 e. The van der Waals surface area contributed by atoms with E-state index in [1.54, 1.807) is 0 Å². The molecule has 2 aromatic rings. The molecule has 1 saturated carbocycles. The molecule has 0 spiro atoms. The van der Waals surface area contributed by atoms with Crippen LogP contribution in [-0.2, 0) is 11.0 Å². The van der Waals surface area contributed by atoms with E-state index in [2.05, 4.69) is 21.2 Å². The maximum atomic E-state index is 12.8. The number of hydrogen-bond donors (Lipinski definition) is 1. The van der Waals surface area contributed by atoms with Crippen LogP contribution < -0.4 is 5.32 Å². The van der Waals surface area contributed by atoms with Crippen LogP contribution in [-0.4, -0.2) is 5.91 Å². The fraction of sp³-hybridized carbons (Fsp3) is 0.263. The Kier molecular flexibility index (Phi) is 5.05. The highest BCUT2D eigenvalue weighted by molar-refractivity contribution is 9.10. The molecule has 3 rings (SSSR count). The average molecular weight is 423 g/mol. The van der Waals surface area contributed by atoms with Crippen molar-refractivity contribution in [3.63, 3.8) is 0 Å². The van der Waals surface area contributed by atoms with Crippen LogP contribution in [0.15, 0.2) is 53.0 Å². The summed E-state index contributed by atoms with van der Waals surface area (Å²) in [5.74, 6) is -0.529. The Morgan fingerprint density at radius 1 is 1.23 bits per heavy atom. The standard InChI is InChI=1S/C19H14BrF3N2O/c20-14-6-2-3-11(8-14)15-9-16(15)18(26)25-17(10-24)12-4-1-5-13(7-12)19(21,22)23/h1-8,15-17H,9H2,(H,25,26). The molecule has 1 fully saturated rings. The van der Waals surface area contributed by atoms with Crippen LogP contribution in [0.1, 0.15) is 35.1 Å². The van der Waals surface area contributed by atoms with Gasteiger partial charge >= 0.3 is 6.18 Å². The van der Waals surface area contributed by atoms with E-state index in [0.717, 1.165) is 22.2 Å². The van der Waals surface area contributed by atoms with E-state index in [9.17, 15) is 23.2 Å². The molecule has 0 aromatic heterocycles. The molecule has 0 radical (unpaired) electrons. The molecule has 0 saturated heterocycles. The van der Waals surface area contributed by atoms with Gasteiger partial charge < -0.3 is 5.32 Å². The van der Waals surface area contributed by atoms with Gasteiger partial charge in [-0.05, 0) is 47.7 Å². The van der Waals surface area contributed by atoms with Crippen LogP contribution in [0.4, 0.5) is 13.2 Å². The highest BCUT2D eigenvalue weighted by atomic mass is 79.9. The molecule has 3 nitrogen and oxygen atoms in total. The summed E-state index contributed by atoms with van der Waals surface area (Å²) in [6.45, 7) is 0. The number of benzene rings is 2. The summed E-state index contributed by atoms with van der Waals surface area (Å²) in [5.41, 5.74) is 0.297. The van der Waals surface area contributed by atoms with E-state index in [-0.39, 0.29) is 23.3 Å². The van der Waals surface area contributed by atoms with Crippen molar-refractivity contribution in [3.8, 4) is 6.07 Å². The molecule has 1 N–H and O–H groups in total. The fourth-order valence-electron chi connectivity index (χ4n) is 2.92. The summed E-state index contributed by atoms with van der Waals surface area (Å²) in [6, 6.07) is 12.9. The van der Waals surface area contributed by atoms with Crippen molar-refractivity contribution in [2.75, 3.05) is 0 Å². The van der Waals surface area contributed by atoms with E-state index >= 15 is 0 Å². The molecule has 0 aliphatic heterocycles. The van der Waals surface area contributed by atoms with Crippen LogP contribution in [0.5, 0.6) is 0 Å². The van der Waals surface area contributed by atoms with E-state index in [4.69, 9.17) is 0 Å². The summed E-state index contributed by atoms with van der Waals surface area (Å²) in [5, 5.41) is 11.9. The number of carbonyl (C=O) groups excluding carboxylic acids is 1. The highest BCUT2D eigenvalue weighted by Gasteiger charge is 2.44. The molecular weight excluding hydrogens is 409 g/mol. The SMILES string of the molecule is N#CC(NC(=O)C1CC1c1cccc(Br)c1)c1cccc(C(F)(F)F)c1. The largest absolute Gasteiger partial charge is 0.416 e. The monoisotopic (exact) mass is 422 g/mol. The average Bonchev–Trinajstić information content (AvgIpc) is 3.40. The summed E-state index contributed by atoms with van der Waals surface area (Å²) in [7, 11) is 0. The first-order valence-corrected chi connectivity index (χ1v) is 8.71. The third kappa shape index (κ3) is 4.07. The van der Waals surface area contributed by atoms with Crippen LogP contribution in [0.3, 0.4) is 0 Å². The first kappa shape index (κ1) is 18.5. The number of halogens is 4. The molecule has 1 amide bonds. The Balaban J connectivity index is 1.70. The molecular formula is C19H14BrF3N2O. The second kappa shape index (κ2) is 7.12. The number of rotatable bonds is 4. The van der Waals surface area contributed by atoms with Gasteiger partial charge in [0.1, 0.15) is 6.04 Å². The Morgan fingerprint density at radius 3 is 2.62 bits per heavy atom. The van der Waals surface area contributed by atoms with Gasteiger partial charge in [0.15, 0.2) is 0 Å². The minimum atomic E-state index is -4.50. The van der Waals surface area contributed by atoms with Gasteiger partial charge in [0, 0.05) is 10.4 Å². The molecule has 0 bridgehead atoms. The number of alkyl halides is 3. The normalized spacial score (nSPS) is 20.1. The van der Waals surface area contributed by atoms with Crippen molar-refractivity contribution in [2.45, 2.75) is 24.6 Å². The first-order chi connectivity index (χ1) is 12.3. The van der Waals surface area contributed by atoms with Gasteiger partial charge in [-0.1, -0.05) is 40.2 Å². The topological polar surface area (TPSA) is 52.9 Å². The van der Waals surface area contributed by atoms with Crippen molar-refractivity contribution in [2.24, 2.45) is 5.92 Å². The van der Waals surface area contributed by atoms with Crippen molar-refractivity contribution in [1.82, 2.24) is 5.32 Å². The third-order valence-electron chi connectivity index (χ3n) is 4.37. The minimum absolute atomic E-state index is 0.0633. The molecule has 1 aliphatic carbocycles. The maximum Gasteiger partial charge on any atom is 0.416 e. The van der Waals surface area contributed by atoms with Gasteiger partial charge in [0.2, 0.25) is 5.91 Å². The number of carbonyl (C=O) groups is 1. The maximum absolute atomic E-state index is 12.8. The quantitative estimate of drug-likeness (QED) is 0.757. The summed E-state index contributed by atoms with van der Waals surface area (Å²) >= 11 is 3.38. The van der Waals surface area contributed by atoms with Gasteiger partial charge in [-0.3, -0.25) is 4.79 Å². The van der Waals surface area contributed by atoms with Crippen molar-refractivity contribution in [1.29, 1.82) is 5.26 Å². The lowest BCUT2D eigenvalue weighted by Gasteiger charge is -2.14. The van der Waals surface area contributed by atoms with E-state index in [0.29, 0.717) is 6.42 Å². The van der Waals surface area contributed by atoms with Crippen LogP contribution in [0, 0.1) is 17.2 Å². The number of nitrogens with zero attached hydrogens (tertiary/aromatic N) is 1.